The number of ether oxygens (including phenoxy) is 1. The molecule has 1 amide bonds. The van der Waals surface area contributed by atoms with Crippen LogP contribution >= 0.6 is 0 Å². The molecule has 1 saturated carbocycles. The Balaban J connectivity index is 1.42. The van der Waals surface area contributed by atoms with Crippen LogP contribution in [0.1, 0.15) is 67.6 Å². The van der Waals surface area contributed by atoms with Crippen molar-refractivity contribution in [1.82, 2.24) is 5.32 Å². The van der Waals surface area contributed by atoms with Crippen molar-refractivity contribution < 1.29 is 14.3 Å². The summed E-state index contributed by atoms with van der Waals surface area (Å²) in [4.78, 5) is 26.5. The second kappa shape index (κ2) is 9.61. The van der Waals surface area contributed by atoms with E-state index in [2.05, 4.69) is 44.0 Å². The largest absolute Gasteiger partial charge is 0.489 e. The standard InChI is InChI=1S/C30H37N3O3/c1-19-15-24(16-20(2)25(19)17-31)36-28-29(3,4)27(30(28,5)6)32-26(35)22-7-9-23(10-8-22)33-13-11-21(18-34)12-14-33/h7-10,15-16,18,21,27-28H,11-14H2,1-6H3,(H,32,35)/t27-,28-. The van der Waals surface area contributed by atoms with Gasteiger partial charge in [0, 0.05) is 47.1 Å². The van der Waals surface area contributed by atoms with E-state index in [1.165, 1.54) is 0 Å². The highest BCUT2D eigenvalue weighted by atomic mass is 16.5. The summed E-state index contributed by atoms with van der Waals surface area (Å²) >= 11 is 0. The van der Waals surface area contributed by atoms with E-state index in [9.17, 15) is 14.9 Å². The molecule has 0 atom stereocenters. The van der Waals surface area contributed by atoms with Gasteiger partial charge in [-0.2, -0.15) is 5.26 Å². The van der Waals surface area contributed by atoms with Crippen LogP contribution in [-0.4, -0.2) is 37.4 Å². The van der Waals surface area contributed by atoms with Crippen molar-refractivity contribution in [2.75, 3.05) is 18.0 Å². The van der Waals surface area contributed by atoms with E-state index in [1.807, 2.05) is 50.2 Å². The molecule has 0 unspecified atom stereocenters. The number of carbonyl (C=O) groups is 2. The summed E-state index contributed by atoms with van der Waals surface area (Å²) < 4.78 is 6.47. The smallest absolute Gasteiger partial charge is 0.251 e. The lowest BCUT2D eigenvalue weighted by atomic mass is 9.49. The van der Waals surface area contributed by atoms with E-state index in [4.69, 9.17) is 4.74 Å². The highest BCUT2D eigenvalue weighted by Crippen LogP contribution is 2.55. The van der Waals surface area contributed by atoms with Crippen molar-refractivity contribution in [2.24, 2.45) is 16.7 Å². The van der Waals surface area contributed by atoms with Crippen LogP contribution in [0.3, 0.4) is 0 Å². The van der Waals surface area contributed by atoms with Gasteiger partial charge in [0.05, 0.1) is 11.6 Å². The van der Waals surface area contributed by atoms with Crippen LogP contribution in [0.5, 0.6) is 5.75 Å². The van der Waals surface area contributed by atoms with Gasteiger partial charge in [-0.1, -0.05) is 27.7 Å². The van der Waals surface area contributed by atoms with Gasteiger partial charge in [-0.05, 0) is 74.2 Å². The van der Waals surface area contributed by atoms with Gasteiger partial charge >= 0.3 is 0 Å². The number of anilines is 1. The quantitative estimate of drug-likeness (QED) is 0.566. The molecule has 2 aromatic carbocycles. The lowest BCUT2D eigenvalue weighted by Crippen LogP contribution is -2.74. The fraction of sp³-hybridized carbons (Fsp3) is 0.500. The predicted molar refractivity (Wildman–Crippen MR) is 141 cm³/mol. The van der Waals surface area contributed by atoms with Gasteiger partial charge < -0.3 is 19.7 Å². The van der Waals surface area contributed by atoms with E-state index in [0.717, 1.165) is 54.8 Å². The van der Waals surface area contributed by atoms with E-state index >= 15 is 0 Å². The fourth-order valence-corrected chi connectivity index (χ4v) is 6.44. The topological polar surface area (TPSA) is 82.4 Å². The maximum absolute atomic E-state index is 13.2. The van der Waals surface area contributed by atoms with Gasteiger partial charge in [0.25, 0.3) is 5.91 Å². The van der Waals surface area contributed by atoms with Crippen molar-refractivity contribution >= 4 is 17.9 Å². The summed E-state index contributed by atoms with van der Waals surface area (Å²) in [7, 11) is 0. The zero-order chi connectivity index (χ0) is 26.3. The van der Waals surface area contributed by atoms with Crippen molar-refractivity contribution in [1.29, 1.82) is 5.26 Å². The van der Waals surface area contributed by atoms with Crippen molar-refractivity contribution in [3.05, 3.63) is 58.7 Å². The molecule has 2 aliphatic rings. The lowest BCUT2D eigenvalue weighted by molar-refractivity contribution is -0.164. The summed E-state index contributed by atoms with van der Waals surface area (Å²) in [6.45, 7) is 14.1. The molecular weight excluding hydrogens is 450 g/mol. The van der Waals surface area contributed by atoms with E-state index in [-0.39, 0.29) is 34.8 Å². The molecule has 6 nitrogen and oxygen atoms in total. The van der Waals surface area contributed by atoms with Crippen LogP contribution < -0.4 is 15.0 Å². The molecule has 1 saturated heterocycles. The van der Waals surface area contributed by atoms with Crippen molar-refractivity contribution in [2.45, 2.75) is 66.5 Å². The van der Waals surface area contributed by atoms with Gasteiger partial charge in [-0.3, -0.25) is 4.79 Å². The zero-order valence-electron chi connectivity index (χ0n) is 22.2. The summed E-state index contributed by atoms with van der Waals surface area (Å²) in [6.07, 6.45) is 2.72. The molecular formula is C30H37N3O3. The number of nitriles is 1. The fourth-order valence-electron chi connectivity index (χ4n) is 6.44. The molecule has 2 fully saturated rings. The first kappa shape index (κ1) is 25.8. The molecule has 1 heterocycles. The van der Waals surface area contributed by atoms with Crippen LogP contribution in [0.4, 0.5) is 5.69 Å². The number of hydrogen-bond donors (Lipinski definition) is 1. The number of carbonyl (C=O) groups excluding carboxylic acids is 2. The Kier molecular flexibility index (Phi) is 6.88. The molecule has 0 aromatic heterocycles. The molecule has 36 heavy (non-hydrogen) atoms. The van der Waals surface area contributed by atoms with Gasteiger partial charge in [-0.15, -0.1) is 0 Å². The number of nitrogens with zero attached hydrogens (tertiary/aromatic N) is 2. The maximum atomic E-state index is 13.2. The second-order valence-corrected chi connectivity index (χ2v) is 11.6. The van der Waals surface area contributed by atoms with Gasteiger partial charge in [0.1, 0.15) is 18.1 Å². The minimum Gasteiger partial charge on any atom is -0.489 e. The molecule has 6 heteroatoms. The summed E-state index contributed by atoms with van der Waals surface area (Å²) in [5.74, 6) is 0.835. The van der Waals surface area contributed by atoms with Crippen LogP contribution in [0.25, 0.3) is 0 Å². The van der Waals surface area contributed by atoms with Crippen molar-refractivity contribution in [3.63, 3.8) is 0 Å². The molecule has 0 bridgehead atoms. The van der Waals surface area contributed by atoms with Gasteiger partial charge in [0.15, 0.2) is 0 Å². The third kappa shape index (κ3) is 4.59. The number of rotatable bonds is 6. The number of aldehydes is 1. The molecule has 4 rings (SSSR count). The Morgan fingerprint density at radius 2 is 1.61 bits per heavy atom. The Hall–Kier alpha value is -3.33. The van der Waals surface area contributed by atoms with Gasteiger partial charge in [-0.25, -0.2) is 0 Å². The Bertz CT molecular complexity index is 1150. The lowest BCUT2D eigenvalue weighted by Gasteiger charge is -2.63. The normalized spacial score (nSPS) is 22.8. The van der Waals surface area contributed by atoms with E-state index in [1.54, 1.807) is 0 Å². The molecule has 1 aliphatic carbocycles. The molecule has 2 aromatic rings. The first-order chi connectivity index (χ1) is 17.0. The number of aryl methyl sites for hydroxylation is 2. The number of benzene rings is 2. The van der Waals surface area contributed by atoms with E-state index in [0.29, 0.717) is 11.1 Å². The molecule has 0 spiro atoms. The highest BCUT2D eigenvalue weighted by Gasteiger charge is 2.64. The molecule has 1 N–H and O–H groups in total. The third-order valence-electron chi connectivity index (χ3n) is 8.21. The molecule has 1 aliphatic heterocycles. The minimum absolute atomic E-state index is 0.0647. The van der Waals surface area contributed by atoms with Crippen LogP contribution in [0.15, 0.2) is 36.4 Å². The van der Waals surface area contributed by atoms with Crippen LogP contribution in [-0.2, 0) is 4.79 Å². The monoisotopic (exact) mass is 487 g/mol. The second-order valence-electron chi connectivity index (χ2n) is 11.6. The number of nitrogens with one attached hydrogen (secondary N) is 1. The van der Waals surface area contributed by atoms with Gasteiger partial charge in [0.2, 0.25) is 0 Å². The molecule has 0 radical (unpaired) electrons. The molecule has 190 valence electrons. The SMILES string of the molecule is Cc1cc(O[C@H]2C(C)(C)[C@H](NC(=O)c3ccc(N4CCC(C=O)CC4)cc3)C2(C)C)cc(C)c1C#N. The van der Waals surface area contributed by atoms with E-state index < -0.39 is 0 Å². The third-order valence-corrected chi connectivity index (χ3v) is 8.21. The Labute approximate surface area is 214 Å². The zero-order valence-corrected chi connectivity index (χ0v) is 22.2. The summed E-state index contributed by atoms with van der Waals surface area (Å²) in [6, 6.07) is 13.8. The number of hydrogen-bond acceptors (Lipinski definition) is 5. The average Bonchev–Trinajstić information content (AvgIpc) is 2.85. The Morgan fingerprint density at radius 3 is 2.11 bits per heavy atom. The number of amides is 1. The number of piperidine rings is 1. The summed E-state index contributed by atoms with van der Waals surface area (Å²) in [5, 5.41) is 12.6. The Morgan fingerprint density at radius 1 is 1.06 bits per heavy atom. The highest BCUT2D eigenvalue weighted by molar-refractivity contribution is 5.95. The van der Waals surface area contributed by atoms with Crippen molar-refractivity contribution in [3.8, 4) is 11.8 Å². The predicted octanol–water partition coefficient (Wildman–Crippen LogP) is 5.20. The summed E-state index contributed by atoms with van der Waals surface area (Å²) in [5.41, 5.74) is 3.66. The first-order valence-corrected chi connectivity index (χ1v) is 12.8. The first-order valence-electron chi connectivity index (χ1n) is 12.8. The van der Waals surface area contributed by atoms with Crippen LogP contribution in [0, 0.1) is 41.9 Å². The van der Waals surface area contributed by atoms with Crippen LogP contribution in [0.2, 0.25) is 0 Å². The average molecular weight is 488 g/mol. The maximum Gasteiger partial charge on any atom is 0.251 e. The minimum atomic E-state index is -0.280.